The average Bonchev–Trinajstić information content (AvgIpc) is 2.77. The smallest absolute Gasteiger partial charge is 0.115 e. The Morgan fingerprint density at radius 3 is 2.93 bits per heavy atom. The second kappa shape index (κ2) is 4.12. The van der Waals surface area contributed by atoms with E-state index in [4.69, 9.17) is 4.42 Å². The van der Waals surface area contributed by atoms with Crippen LogP contribution in [0.5, 0.6) is 0 Å². The van der Waals surface area contributed by atoms with Crippen LogP contribution in [-0.4, -0.2) is 11.8 Å². The fourth-order valence-corrected chi connectivity index (χ4v) is 4.01. The number of hydrogen-bond acceptors (Lipinski definition) is 3. The van der Waals surface area contributed by atoms with Gasteiger partial charge in [-0.2, -0.15) is 0 Å². The van der Waals surface area contributed by atoms with Gasteiger partial charge < -0.3 is 9.73 Å². The Morgan fingerprint density at radius 2 is 2.07 bits per heavy atom. The summed E-state index contributed by atoms with van der Waals surface area (Å²) >= 11 is 2.01. The molecular weight excluding hydrogens is 206 g/mol. The maximum absolute atomic E-state index is 5.22. The van der Waals surface area contributed by atoms with Gasteiger partial charge in [0.15, 0.2) is 0 Å². The van der Waals surface area contributed by atoms with E-state index >= 15 is 0 Å². The maximum Gasteiger partial charge on any atom is 0.115 e. The Labute approximate surface area is 94.8 Å². The molecule has 3 heteroatoms. The molecule has 82 valence electrons. The molecule has 15 heavy (non-hydrogen) atoms. The number of anilines is 1. The van der Waals surface area contributed by atoms with Crippen molar-refractivity contribution in [2.75, 3.05) is 11.9 Å². The minimum absolute atomic E-state index is 0.760. The second-order valence-corrected chi connectivity index (χ2v) is 5.87. The van der Waals surface area contributed by atoms with Crippen LogP contribution in [0.25, 0.3) is 0 Å². The predicted molar refractivity (Wildman–Crippen MR) is 63.4 cm³/mol. The van der Waals surface area contributed by atoms with Gasteiger partial charge in [-0.15, -0.1) is 11.8 Å². The van der Waals surface area contributed by atoms with Crippen LogP contribution >= 0.6 is 11.8 Å². The van der Waals surface area contributed by atoms with Gasteiger partial charge in [0, 0.05) is 11.8 Å². The third-order valence-electron chi connectivity index (χ3n) is 3.57. The first-order chi connectivity index (χ1) is 7.43. The van der Waals surface area contributed by atoms with E-state index < -0.39 is 0 Å². The second-order valence-electron chi connectivity index (χ2n) is 4.59. The lowest BCUT2D eigenvalue weighted by Crippen LogP contribution is -2.29. The topological polar surface area (TPSA) is 25.2 Å². The van der Waals surface area contributed by atoms with Crippen molar-refractivity contribution in [3.05, 3.63) is 12.5 Å². The van der Waals surface area contributed by atoms with Crippen LogP contribution in [0.15, 0.2) is 21.8 Å². The van der Waals surface area contributed by atoms with Gasteiger partial charge in [-0.3, -0.25) is 0 Å². The highest BCUT2D eigenvalue weighted by atomic mass is 32.2. The van der Waals surface area contributed by atoms with Crippen LogP contribution in [0.1, 0.15) is 32.1 Å². The van der Waals surface area contributed by atoms with Crippen LogP contribution in [-0.2, 0) is 0 Å². The van der Waals surface area contributed by atoms with Gasteiger partial charge in [0.1, 0.15) is 12.5 Å². The summed E-state index contributed by atoms with van der Waals surface area (Å²) in [5.41, 5.74) is 1.19. The van der Waals surface area contributed by atoms with Gasteiger partial charge in [-0.1, -0.05) is 19.3 Å². The first-order valence-corrected chi connectivity index (χ1v) is 6.78. The van der Waals surface area contributed by atoms with Crippen molar-refractivity contribution in [1.29, 1.82) is 0 Å². The van der Waals surface area contributed by atoms with Gasteiger partial charge in [0.2, 0.25) is 0 Å². The fraction of sp³-hybridized carbons (Fsp3) is 0.667. The van der Waals surface area contributed by atoms with Gasteiger partial charge in [-0.05, 0) is 18.8 Å². The van der Waals surface area contributed by atoms with Crippen LogP contribution in [0.4, 0.5) is 5.69 Å². The molecule has 1 N–H and O–H groups in total. The Bertz CT molecular complexity index is 330. The van der Waals surface area contributed by atoms with E-state index in [2.05, 4.69) is 5.32 Å². The van der Waals surface area contributed by atoms with E-state index in [-0.39, 0.29) is 0 Å². The van der Waals surface area contributed by atoms with Crippen LogP contribution in [0, 0.1) is 5.92 Å². The summed E-state index contributed by atoms with van der Waals surface area (Å²) in [7, 11) is 0. The van der Waals surface area contributed by atoms with Crippen LogP contribution in [0.3, 0.4) is 0 Å². The zero-order chi connectivity index (χ0) is 10.1. The predicted octanol–water partition coefficient (Wildman–Crippen LogP) is 3.75. The van der Waals surface area contributed by atoms with Crippen molar-refractivity contribution >= 4 is 17.4 Å². The molecule has 2 aliphatic rings. The molecule has 1 unspecified atom stereocenters. The number of nitrogens with one attached hydrogen (secondary N) is 1. The molecule has 1 saturated carbocycles. The molecule has 2 heterocycles. The number of fused-ring (bicyclic) bond motifs is 1. The number of furan rings is 1. The quantitative estimate of drug-likeness (QED) is 0.785. The number of hydrogen-bond donors (Lipinski definition) is 1. The molecule has 1 aromatic rings. The minimum atomic E-state index is 0.760. The molecule has 1 fully saturated rings. The van der Waals surface area contributed by atoms with E-state index in [0.717, 1.165) is 17.7 Å². The van der Waals surface area contributed by atoms with Gasteiger partial charge in [0.05, 0.1) is 10.6 Å². The Kier molecular flexibility index (Phi) is 2.65. The first-order valence-electron chi connectivity index (χ1n) is 5.90. The van der Waals surface area contributed by atoms with Crippen molar-refractivity contribution < 1.29 is 4.42 Å². The molecule has 0 radical (unpaired) electrons. The average molecular weight is 223 g/mol. The monoisotopic (exact) mass is 223 g/mol. The molecular formula is C12H17NOS. The van der Waals surface area contributed by atoms with Gasteiger partial charge in [0.25, 0.3) is 0 Å². The lowest BCUT2D eigenvalue weighted by molar-refractivity contribution is 0.352. The molecule has 2 nitrogen and oxygen atoms in total. The first kappa shape index (κ1) is 9.64. The van der Waals surface area contributed by atoms with Crippen molar-refractivity contribution in [2.45, 2.75) is 42.2 Å². The standard InChI is InChI=1S/C12H17NOS/c1-2-4-9(5-3-1)11-6-13-10-7-14-8-12(10)15-11/h7-9,11,13H,1-6H2. The fourth-order valence-electron chi connectivity index (χ4n) is 2.69. The number of rotatable bonds is 1. The van der Waals surface area contributed by atoms with Gasteiger partial charge >= 0.3 is 0 Å². The summed E-state index contributed by atoms with van der Waals surface area (Å²) in [6.07, 6.45) is 10.8. The van der Waals surface area contributed by atoms with Crippen molar-refractivity contribution in [3.8, 4) is 0 Å². The normalized spacial score (nSPS) is 27.1. The lowest BCUT2D eigenvalue weighted by Gasteiger charge is -2.32. The Morgan fingerprint density at radius 1 is 1.20 bits per heavy atom. The summed E-state index contributed by atoms with van der Waals surface area (Å²) in [5.74, 6) is 0.916. The van der Waals surface area contributed by atoms with E-state index in [1.54, 1.807) is 0 Å². The molecule has 1 aromatic heterocycles. The highest BCUT2D eigenvalue weighted by Gasteiger charge is 2.28. The molecule has 0 saturated heterocycles. The number of thioether (sulfide) groups is 1. The molecule has 0 amide bonds. The zero-order valence-electron chi connectivity index (χ0n) is 8.87. The third-order valence-corrected chi connectivity index (χ3v) is 5.00. The van der Waals surface area contributed by atoms with E-state index in [1.807, 2.05) is 24.3 Å². The summed E-state index contributed by atoms with van der Waals surface area (Å²) < 4.78 is 5.22. The van der Waals surface area contributed by atoms with Crippen LogP contribution in [0.2, 0.25) is 0 Å². The summed E-state index contributed by atoms with van der Waals surface area (Å²) in [6, 6.07) is 0. The minimum Gasteiger partial charge on any atom is -0.469 e. The highest BCUT2D eigenvalue weighted by molar-refractivity contribution is 8.00. The van der Waals surface area contributed by atoms with Gasteiger partial charge in [-0.25, -0.2) is 0 Å². The van der Waals surface area contributed by atoms with Crippen LogP contribution < -0.4 is 5.32 Å². The van der Waals surface area contributed by atoms with E-state index in [0.29, 0.717) is 0 Å². The molecule has 0 aromatic carbocycles. The SMILES string of the molecule is c1occ2c1NCC(C1CCCCC1)S2. The highest BCUT2D eigenvalue weighted by Crippen LogP contribution is 2.42. The molecule has 1 atom stereocenters. The Hall–Kier alpha value is -0.570. The van der Waals surface area contributed by atoms with Crippen molar-refractivity contribution in [3.63, 3.8) is 0 Å². The molecule has 0 bridgehead atoms. The lowest BCUT2D eigenvalue weighted by atomic mass is 9.86. The zero-order valence-corrected chi connectivity index (χ0v) is 9.69. The van der Waals surface area contributed by atoms with Crippen molar-refractivity contribution in [1.82, 2.24) is 0 Å². The van der Waals surface area contributed by atoms with E-state index in [9.17, 15) is 0 Å². The summed E-state index contributed by atoms with van der Waals surface area (Å²) in [4.78, 5) is 1.30. The third kappa shape index (κ3) is 1.89. The molecule has 1 aliphatic heterocycles. The summed E-state index contributed by atoms with van der Waals surface area (Å²) in [6.45, 7) is 1.11. The largest absolute Gasteiger partial charge is 0.469 e. The molecule has 3 rings (SSSR count). The molecule has 0 spiro atoms. The maximum atomic E-state index is 5.22. The Balaban J connectivity index is 1.69. The molecule has 1 aliphatic carbocycles. The van der Waals surface area contributed by atoms with Crippen molar-refractivity contribution in [2.24, 2.45) is 5.92 Å². The summed E-state index contributed by atoms with van der Waals surface area (Å²) in [5, 5.41) is 4.24. The van der Waals surface area contributed by atoms with E-state index in [1.165, 1.54) is 42.7 Å².